The molecule has 1 rings (SSSR count). The maximum absolute atomic E-state index is 8.92. The van der Waals surface area contributed by atoms with Crippen molar-refractivity contribution < 1.29 is 5.11 Å². The summed E-state index contributed by atoms with van der Waals surface area (Å²) in [4.78, 5) is 0. The van der Waals surface area contributed by atoms with Crippen LogP contribution in [0.5, 0.6) is 5.88 Å². The van der Waals surface area contributed by atoms with Crippen molar-refractivity contribution in [2.24, 2.45) is 0 Å². The van der Waals surface area contributed by atoms with E-state index in [4.69, 9.17) is 17.3 Å². The second-order valence-corrected chi connectivity index (χ2v) is 3.20. The van der Waals surface area contributed by atoms with Crippen LogP contribution in [0.4, 0.5) is 0 Å². The van der Waals surface area contributed by atoms with Gasteiger partial charge in [0, 0.05) is 0 Å². The van der Waals surface area contributed by atoms with Gasteiger partial charge in [0.1, 0.15) is 0 Å². The van der Waals surface area contributed by atoms with E-state index in [1.807, 2.05) is 0 Å². The van der Waals surface area contributed by atoms with Crippen molar-refractivity contribution in [1.82, 2.24) is 7.19 Å². The smallest absolute Gasteiger partial charge is 0.221 e. The molecule has 0 radical (unpaired) electrons. The molecule has 0 spiro atoms. The maximum atomic E-state index is 8.92. The Balaban J connectivity index is 3.48. The number of nitrogens with zero attached hydrogens (tertiary/aromatic N) is 2. The van der Waals surface area contributed by atoms with Crippen LogP contribution in [0, 0.1) is 4.77 Å². The van der Waals surface area contributed by atoms with E-state index >= 15 is 0 Å². The zero-order chi connectivity index (χ0) is 7.02. The molecule has 0 saturated carbocycles. The van der Waals surface area contributed by atoms with Crippen LogP contribution in [0.25, 0.3) is 0 Å². The lowest BCUT2D eigenvalue weighted by Crippen LogP contribution is -1.77. The second kappa shape index (κ2) is 2.43. The molecular formula is C3H2Br2N2OS. The second-order valence-electron chi connectivity index (χ2n) is 1.36. The first-order valence-corrected chi connectivity index (χ1v) is 3.81. The standard InChI is InChI=1S/C3H2Br2N2OS/c4-6-1-2(8)7(5)3(6)9/h1,8H. The summed E-state index contributed by atoms with van der Waals surface area (Å²) >= 11 is 10.9. The SMILES string of the molecule is Oc1cn(Br)c(=S)n1Br. The molecule has 0 unspecified atom stereocenters. The minimum atomic E-state index is 0.0666. The highest BCUT2D eigenvalue weighted by molar-refractivity contribution is 9.08. The Hall–Kier alpha value is 0.190. The van der Waals surface area contributed by atoms with Gasteiger partial charge in [0.2, 0.25) is 10.7 Å². The summed E-state index contributed by atoms with van der Waals surface area (Å²) in [6.07, 6.45) is 1.44. The van der Waals surface area contributed by atoms with Gasteiger partial charge in [0.25, 0.3) is 0 Å². The van der Waals surface area contributed by atoms with Gasteiger partial charge in [0.15, 0.2) is 0 Å². The largest absolute Gasteiger partial charge is 0.493 e. The number of hydrogen-bond donors (Lipinski definition) is 1. The molecule has 0 amide bonds. The molecule has 3 nitrogen and oxygen atoms in total. The topological polar surface area (TPSA) is 30.1 Å². The van der Waals surface area contributed by atoms with Gasteiger partial charge < -0.3 is 5.11 Å². The predicted octanol–water partition coefficient (Wildman–Crippen LogP) is 2.04. The Morgan fingerprint density at radius 2 is 2.11 bits per heavy atom. The van der Waals surface area contributed by atoms with E-state index in [9.17, 15) is 0 Å². The third-order valence-electron chi connectivity index (χ3n) is 0.781. The van der Waals surface area contributed by atoms with E-state index in [1.54, 1.807) is 0 Å². The van der Waals surface area contributed by atoms with E-state index in [-0.39, 0.29) is 5.88 Å². The van der Waals surface area contributed by atoms with Gasteiger partial charge in [-0.25, -0.2) is 3.59 Å². The van der Waals surface area contributed by atoms with Crippen LogP contribution in [-0.4, -0.2) is 12.3 Å². The molecule has 50 valence electrons. The zero-order valence-corrected chi connectivity index (χ0v) is 8.07. The summed E-state index contributed by atoms with van der Waals surface area (Å²) in [5, 5.41) is 8.92. The van der Waals surface area contributed by atoms with Gasteiger partial charge in [-0.2, -0.15) is 0 Å². The van der Waals surface area contributed by atoms with Gasteiger partial charge in [-0.15, -0.1) is 0 Å². The number of hydrogen-bond acceptors (Lipinski definition) is 2. The fourth-order valence-electron chi connectivity index (χ4n) is 0.389. The molecule has 0 atom stereocenters. The summed E-state index contributed by atoms with van der Waals surface area (Å²) in [7, 11) is 0. The maximum Gasteiger partial charge on any atom is 0.221 e. The molecule has 1 N–H and O–H groups in total. The monoisotopic (exact) mass is 272 g/mol. The molecule has 0 aliphatic carbocycles. The summed E-state index contributed by atoms with van der Waals surface area (Å²) in [5.41, 5.74) is 0. The van der Waals surface area contributed by atoms with Gasteiger partial charge in [-0.1, -0.05) is 0 Å². The highest BCUT2D eigenvalue weighted by Gasteiger charge is 2.00. The lowest BCUT2D eigenvalue weighted by atomic mass is 10.9. The van der Waals surface area contributed by atoms with Crippen LogP contribution < -0.4 is 0 Å². The van der Waals surface area contributed by atoms with Crippen molar-refractivity contribution in [2.75, 3.05) is 0 Å². The molecule has 0 aromatic carbocycles. The number of aromatic nitrogens is 2. The average Bonchev–Trinajstić information content (AvgIpc) is 1.98. The van der Waals surface area contributed by atoms with Gasteiger partial charge >= 0.3 is 0 Å². The molecule has 0 fully saturated rings. The minimum absolute atomic E-state index is 0.0666. The van der Waals surface area contributed by atoms with Crippen molar-refractivity contribution in [3.8, 4) is 5.88 Å². The normalized spacial score (nSPS) is 10.0. The number of halogens is 2. The van der Waals surface area contributed by atoms with E-state index < -0.39 is 0 Å². The highest BCUT2D eigenvalue weighted by Crippen LogP contribution is 2.16. The van der Waals surface area contributed by atoms with Crippen molar-refractivity contribution in [2.45, 2.75) is 0 Å². The number of aromatic hydroxyl groups is 1. The summed E-state index contributed by atoms with van der Waals surface area (Å²) in [6, 6.07) is 0. The van der Waals surface area contributed by atoms with Crippen LogP contribution >= 0.6 is 44.5 Å². The summed E-state index contributed by atoms with van der Waals surface area (Å²) in [6.45, 7) is 0. The van der Waals surface area contributed by atoms with Gasteiger partial charge in [0.05, 0.1) is 38.5 Å². The first-order chi connectivity index (χ1) is 4.13. The van der Waals surface area contributed by atoms with Crippen LogP contribution in [0.3, 0.4) is 0 Å². The van der Waals surface area contributed by atoms with Crippen molar-refractivity contribution in [3.63, 3.8) is 0 Å². The first-order valence-electron chi connectivity index (χ1n) is 1.98. The summed E-state index contributed by atoms with van der Waals surface area (Å²) in [5.74, 6) is 0.0666. The molecule has 1 aromatic heterocycles. The zero-order valence-electron chi connectivity index (χ0n) is 4.08. The van der Waals surface area contributed by atoms with Crippen LogP contribution in [0.2, 0.25) is 0 Å². The number of rotatable bonds is 0. The molecule has 0 aliphatic rings. The minimum Gasteiger partial charge on any atom is -0.493 e. The molecule has 0 saturated heterocycles. The first kappa shape index (κ1) is 7.30. The van der Waals surface area contributed by atoms with Crippen molar-refractivity contribution in [3.05, 3.63) is 11.0 Å². The van der Waals surface area contributed by atoms with Gasteiger partial charge in [-0.3, -0.25) is 3.59 Å². The average molecular weight is 274 g/mol. The Morgan fingerprint density at radius 1 is 1.56 bits per heavy atom. The molecule has 1 heterocycles. The fraction of sp³-hybridized carbons (Fsp3) is 0. The van der Waals surface area contributed by atoms with Crippen LogP contribution in [-0.2, 0) is 0 Å². The fourth-order valence-corrected chi connectivity index (χ4v) is 1.35. The predicted molar refractivity (Wildman–Crippen MR) is 43.6 cm³/mol. The molecule has 0 bridgehead atoms. The van der Waals surface area contributed by atoms with E-state index in [0.717, 1.165) is 0 Å². The number of imidazole rings is 1. The molecule has 6 heteroatoms. The lowest BCUT2D eigenvalue weighted by Gasteiger charge is -1.84. The quantitative estimate of drug-likeness (QED) is 0.734. The van der Waals surface area contributed by atoms with Crippen molar-refractivity contribution in [1.29, 1.82) is 0 Å². The van der Waals surface area contributed by atoms with E-state index in [0.29, 0.717) is 4.77 Å². The molecular weight excluding hydrogens is 272 g/mol. The van der Waals surface area contributed by atoms with Crippen molar-refractivity contribution >= 4 is 44.5 Å². The Labute approximate surface area is 73.6 Å². The Bertz CT molecular complexity index is 278. The van der Waals surface area contributed by atoms with Crippen LogP contribution in [0.1, 0.15) is 0 Å². The molecule has 1 aromatic rings. The van der Waals surface area contributed by atoms with Gasteiger partial charge in [-0.05, 0) is 12.2 Å². The van der Waals surface area contributed by atoms with E-state index in [2.05, 4.69) is 32.3 Å². The Kier molecular flexibility index (Phi) is 1.97. The third-order valence-corrected chi connectivity index (χ3v) is 2.87. The molecule has 0 aliphatic heterocycles. The third kappa shape index (κ3) is 1.20. The van der Waals surface area contributed by atoms with E-state index in [1.165, 1.54) is 13.4 Å². The summed E-state index contributed by atoms with van der Waals surface area (Å²) < 4.78 is 3.20. The molecule has 9 heavy (non-hydrogen) atoms. The highest BCUT2D eigenvalue weighted by atomic mass is 79.9. The van der Waals surface area contributed by atoms with Crippen LogP contribution in [0.15, 0.2) is 6.20 Å². The lowest BCUT2D eigenvalue weighted by molar-refractivity contribution is 0.452. The Morgan fingerprint density at radius 3 is 2.22 bits per heavy atom.